The summed E-state index contributed by atoms with van der Waals surface area (Å²) < 4.78 is 10.4. The van der Waals surface area contributed by atoms with E-state index in [2.05, 4.69) is 23.5 Å². The van der Waals surface area contributed by atoms with Gasteiger partial charge >= 0.3 is 0 Å². The number of aryl methyl sites for hydroxylation is 1. The molecule has 23 heavy (non-hydrogen) atoms. The number of benzene rings is 2. The summed E-state index contributed by atoms with van der Waals surface area (Å²) in [6.07, 6.45) is 3.31. The highest BCUT2D eigenvalue weighted by Crippen LogP contribution is 2.24. The predicted molar refractivity (Wildman–Crippen MR) is 94.7 cm³/mol. The number of ether oxygens (including phenoxy) is 2. The Labute approximate surface area is 143 Å². The third-order valence-electron chi connectivity index (χ3n) is 3.89. The SMILES string of the molecule is COc1ccc(CCC[NH2+]CCc2ccc(Cl)c(OC)c2)cc1. The second-order valence-electron chi connectivity index (χ2n) is 5.54. The van der Waals surface area contributed by atoms with E-state index in [0.29, 0.717) is 5.02 Å². The van der Waals surface area contributed by atoms with E-state index in [0.717, 1.165) is 37.4 Å². The summed E-state index contributed by atoms with van der Waals surface area (Å²) in [4.78, 5) is 0. The van der Waals surface area contributed by atoms with Gasteiger partial charge in [-0.3, -0.25) is 0 Å². The lowest BCUT2D eigenvalue weighted by Gasteiger charge is -2.07. The average Bonchev–Trinajstić information content (AvgIpc) is 2.59. The van der Waals surface area contributed by atoms with Crippen LogP contribution in [0.2, 0.25) is 5.02 Å². The molecule has 2 N–H and O–H groups in total. The molecule has 0 atom stereocenters. The molecule has 0 amide bonds. The first-order valence-electron chi connectivity index (χ1n) is 8.00. The molecule has 0 aliphatic heterocycles. The molecule has 0 bridgehead atoms. The van der Waals surface area contributed by atoms with Crippen molar-refractivity contribution < 1.29 is 14.8 Å². The molecule has 0 radical (unpaired) electrons. The Hall–Kier alpha value is -1.71. The third kappa shape index (κ3) is 5.77. The predicted octanol–water partition coefficient (Wildman–Crippen LogP) is 3.10. The second-order valence-corrected chi connectivity index (χ2v) is 5.94. The Balaban J connectivity index is 1.63. The molecule has 0 fully saturated rings. The molecule has 4 heteroatoms. The summed E-state index contributed by atoms with van der Waals surface area (Å²) in [5, 5.41) is 3.03. The zero-order chi connectivity index (χ0) is 16.5. The van der Waals surface area contributed by atoms with Gasteiger partial charge < -0.3 is 14.8 Å². The fourth-order valence-electron chi connectivity index (χ4n) is 2.52. The van der Waals surface area contributed by atoms with Crippen molar-refractivity contribution in [2.24, 2.45) is 0 Å². The molecule has 3 nitrogen and oxygen atoms in total. The number of hydrogen-bond donors (Lipinski definition) is 1. The molecule has 0 spiro atoms. The summed E-state index contributed by atoms with van der Waals surface area (Å²) in [5.74, 6) is 1.67. The van der Waals surface area contributed by atoms with Gasteiger partial charge in [-0.1, -0.05) is 29.8 Å². The first-order chi connectivity index (χ1) is 11.2. The number of rotatable bonds is 9. The average molecular weight is 335 g/mol. The van der Waals surface area contributed by atoms with Crippen molar-refractivity contribution in [1.29, 1.82) is 0 Å². The maximum atomic E-state index is 6.04. The summed E-state index contributed by atoms with van der Waals surface area (Å²) >= 11 is 6.04. The van der Waals surface area contributed by atoms with E-state index in [4.69, 9.17) is 21.1 Å². The van der Waals surface area contributed by atoms with Gasteiger partial charge in [0.2, 0.25) is 0 Å². The van der Waals surface area contributed by atoms with Gasteiger partial charge in [0.05, 0.1) is 32.3 Å². The normalized spacial score (nSPS) is 10.6. The van der Waals surface area contributed by atoms with E-state index in [1.165, 1.54) is 17.5 Å². The van der Waals surface area contributed by atoms with E-state index in [9.17, 15) is 0 Å². The van der Waals surface area contributed by atoms with E-state index >= 15 is 0 Å². The summed E-state index contributed by atoms with van der Waals surface area (Å²) in [7, 11) is 3.34. The summed E-state index contributed by atoms with van der Waals surface area (Å²) in [6, 6.07) is 14.3. The van der Waals surface area contributed by atoms with Crippen LogP contribution in [0, 0.1) is 0 Å². The zero-order valence-corrected chi connectivity index (χ0v) is 14.6. The maximum absolute atomic E-state index is 6.04. The molecular formula is C19H25ClNO2+. The number of methoxy groups -OCH3 is 2. The van der Waals surface area contributed by atoms with Crippen LogP contribution in [0.5, 0.6) is 11.5 Å². The molecule has 0 aromatic heterocycles. The maximum Gasteiger partial charge on any atom is 0.137 e. The monoisotopic (exact) mass is 334 g/mol. The molecule has 0 aliphatic carbocycles. The summed E-state index contributed by atoms with van der Waals surface area (Å²) in [6.45, 7) is 2.21. The van der Waals surface area contributed by atoms with Crippen LogP contribution in [0.1, 0.15) is 17.5 Å². The number of hydrogen-bond acceptors (Lipinski definition) is 2. The van der Waals surface area contributed by atoms with Gasteiger partial charge in [-0.05, 0) is 41.8 Å². The molecule has 124 valence electrons. The molecule has 0 unspecified atom stereocenters. The lowest BCUT2D eigenvalue weighted by molar-refractivity contribution is -0.654. The Morgan fingerprint density at radius 2 is 1.61 bits per heavy atom. The summed E-state index contributed by atoms with van der Waals surface area (Å²) in [5.41, 5.74) is 2.62. The minimum atomic E-state index is 0.666. The minimum Gasteiger partial charge on any atom is -0.497 e. The molecular weight excluding hydrogens is 310 g/mol. The number of quaternary nitrogens is 1. The fraction of sp³-hybridized carbons (Fsp3) is 0.368. The first kappa shape index (κ1) is 17.6. The van der Waals surface area contributed by atoms with Gasteiger partial charge in [0.25, 0.3) is 0 Å². The van der Waals surface area contributed by atoms with Crippen molar-refractivity contribution in [2.75, 3.05) is 27.3 Å². The van der Waals surface area contributed by atoms with Gasteiger partial charge in [-0.25, -0.2) is 0 Å². The van der Waals surface area contributed by atoms with E-state index < -0.39 is 0 Å². The molecule has 2 rings (SSSR count). The number of halogens is 1. The van der Waals surface area contributed by atoms with Crippen LogP contribution in [-0.2, 0) is 12.8 Å². The lowest BCUT2D eigenvalue weighted by Crippen LogP contribution is -2.84. The highest BCUT2D eigenvalue weighted by molar-refractivity contribution is 6.32. The third-order valence-corrected chi connectivity index (χ3v) is 4.20. The van der Waals surface area contributed by atoms with Crippen molar-refractivity contribution in [2.45, 2.75) is 19.3 Å². The van der Waals surface area contributed by atoms with Crippen LogP contribution >= 0.6 is 11.6 Å². The molecule has 0 saturated carbocycles. The van der Waals surface area contributed by atoms with Crippen molar-refractivity contribution in [3.63, 3.8) is 0 Å². The molecule has 0 aliphatic rings. The smallest absolute Gasteiger partial charge is 0.137 e. The van der Waals surface area contributed by atoms with Gasteiger partial charge in [0, 0.05) is 12.8 Å². The molecule has 0 saturated heterocycles. The van der Waals surface area contributed by atoms with Crippen molar-refractivity contribution in [1.82, 2.24) is 0 Å². The standard InChI is InChI=1S/C19H24ClNO2/c1-22-17-8-5-15(6-9-17)4-3-12-21-13-11-16-7-10-18(20)19(14-16)23-2/h5-10,14,21H,3-4,11-13H2,1-2H3/p+1. The molecule has 2 aromatic rings. The van der Waals surface area contributed by atoms with Gasteiger partial charge in [0.15, 0.2) is 0 Å². The van der Waals surface area contributed by atoms with Crippen LogP contribution in [-0.4, -0.2) is 27.3 Å². The van der Waals surface area contributed by atoms with Crippen LogP contribution < -0.4 is 14.8 Å². The van der Waals surface area contributed by atoms with Crippen LogP contribution in [0.25, 0.3) is 0 Å². The van der Waals surface area contributed by atoms with Crippen molar-refractivity contribution in [3.05, 3.63) is 58.6 Å². The first-order valence-corrected chi connectivity index (χ1v) is 8.37. The van der Waals surface area contributed by atoms with Gasteiger partial charge in [-0.2, -0.15) is 0 Å². The highest BCUT2D eigenvalue weighted by atomic mass is 35.5. The molecule has 0 heterocycles. The minimum absolute atomic E-state index is 0.666. The zero-order valence-electron chi connectivity index (χ0n) is 13.8. The van der Waals surface area contributed by atoms with Crippen molar-refractivity contribution in [3.8, 4) is 11.5 Å². The van der Waals surface area contributed by atoms with Crippen molar-refractivity contribution >= 4 is 11.6 Å². The molecule has 2 aromatic carbocycles. The topological polar surface area (TPSA) is 35.1 Å². The Kier molecular flexibility index (Phi) is 7.24. The number of nitrogens with two attached hydrogens (primary N) is 1. The van der Waals surface area contributed by atoms with Gasteiger partial charge in [-0.15, -0.1) is 0 Å². The van der Waals surface area contributed by atoms with Crippen LogP contribution in [0.4, 0.5) is 0 Å². The van der Waals surface area contributed by atoms with Crippen LogP contribution in [0.15, 0.2) is 42.5 Å². The van der Waals surface area contributed by atoms with Gasteiger partial charge in [0.1, 0.15) is 11.5 Å². The quantitative estimate of drug-likeness (QED) is 0.715. The fourth-order valence-corrected chi connectivity index (χ4v) is 2.71. The Morgan fingerprint density at radius 3 is 2.30 bits per heavy atom. The second kappa shape index (κ2) is 9.43. The highest BCUT2D eigenvalue weighted by Gasteiger charge is 2.03. The van der Waals surface area contributed by atoms with E-state index in [1.807, 2.05) is 24.3 Å². The van der Waals surface area contributed by atoms with E-state index in [1.54, 1.807) is 14.2 Å². The van der Waals surface area contributed by atoms with E-state index in [-0.39, 0.29) is 0 Å². The Morgan fingerprint density at radius 1 is 0.870 bits per heavy atom. The lowest BCUT2D eigenvalue weighted by atomic mass is 10.1. The van der Waals surface area contributed by atoms with Crippen LogP contribution in [0.3, 0.4) is 0 Å². The Bertz CT molecular complexity index is 599. The largest absolute Gasteiger partial charge is 0.497 e.